The fourth-order valence-corrected chi connectivity index (χ4v) is 2.20. The van der Waals surface area contributed by atoms with Crippen LogP contribution in [0.3, 0.4) is 0 Å². The Bertz CT molecular complexity index is 408. The fraction of sp³-hybridized carbons (Fsp3) is 0.533. The van der Waals surface area contributed by atoms with E-state index in [1.807, 2.05) is 24.3 Å². The predicted octanol–water partition coefficient (Wildman–Crippen LogP) is 2.47. The van der Waals surface area contributed by atoms with E-state index in [-0.39, 0.29) is 0 Å². The van der Waals surface area contributed by atoms with E-state index >= 15 is 0 Å². The van der Waals surface area contributed by atoms with Crippen LogP contribution in [0.5, 0.6) is 0 Å². The third-order valence-corrected chi connectivity index (χ3v) is 3.39. The summed E-state index contributed by atoms with van der Waals surface area (Å²) in [6.07, 6.45) is 4.30. The second kappa shape index (κ2) is 6.68. The van der Waals surface area contributed by atoms with E-state index in [1.165, 1.54) is 32.6 Å². The zero-order chi connectivity index (χ0) is 13.7. The molecule has 1 saturated carbocycles. The molecule has 1 atom stereocenters. The molecule has 0 saturated heterocycles. The lowest BCUT2D eigenvalue weighted by Gasteiger charge is -2.12. The maximum absolute atomic E-state index is 11.3. The average molecular weight is 263 g/mol. The van der Waals surface area contributed by atoms with E-state index < -0.39 is 12.0 Å². The Morgan fingerprint density at radius 1 is 1.37 bits per heavy atom. The molecular weight excluding hydrogens is 242 g/mol. The van der Waals surface area contributed by atoms with Crippen LogP contribution in [0.15, 0.2) is 24.3 Å². The number of benzene rings is 1. The molecule has 1 aromatic carbocycles. The monoisotopic (exact) mass is 263 g/mol. The topological polar surface area (TPSA) is 58.6 Å². The van der Waals surface area contributed by atoms with Crippen molar-refractivity contribution in [3.05, 3.63) is 29.8 Å². The van der Waals surface area contributed by atoms with Crippen molar-refractivity contribution in [2.45, 2.75) is 51.4 Å². The van der Waals surface area contributed by atoms with Crippen molar-refractivity contribution >= 4 is 11.6 Å². The second-order valence-corrected chi connectivity index (χ2v) is 5.08. The lowest BCUT2D eigenvalue weighted by atomic mass is 10.2. The standard InChI is InChI=1S/C15H21NO3/c1-11(17)15(18)16-13-8-6-12(7-9-13)10-19-14-4-2-3-5-14/h6-9,11,14,17H,2-5,10H2,1H3,(H,16,18). The first kappa shape index (κ1) is 14.0. The zero-order valence-corrected chi connectivity index (χ0v) is 11.3. The highest BCUT2D eigenvalue weighted by Crippen LogP contribution is 2.22. The summed E-state index contributed by atoms with van der Waals surface area (Å²) in [7, 11) is 0. The molecule has 0 spiro atoms. The van der Waals surface area contributed by atoms with Crippen LogP contribution in [0.25, 0.3) is 0 Å². The largest absolute Gasteiger partial charge is 0.384 e. The van der Waals surface area contributed by atoms with Gasteiger partial charge in [0.2, 0.25) is 0 Å². The van der Waals surface area contributed by atoms with Crippen molar-refractivity contribution in [1.82, 2.24) is 0 Å². The highest BCUT2D eigenvalue weighted by molar-refractivity contribution is 5.93. The van der Waals surface area contributed by atoms with Gasteiger partial charge in [0.05, 0.1) is 12.7 Å². The van der Waals surface area contributed by atoms with Gasteiger partial charge in [-0.25, -0.2) is 0 Å². The first-order valence-corrected chi connectivity index (χ1v) is 6.84. The molecule has 1 aliphatic rings. The summed E-state index contributed by atoms with van der Waals surface area (Å²) in [5, 5.41) is 11.7. The Morgan fingerprint density at radius 3 is 2.58 bits per heavy atom. The van der Waals surface area contributed by atoms with Gasteiger partial charge in [-0.05, 0) is 37.5 Å². The predicted molar refractivity (Wildman–Crippen MR) is 73.8 cm³/mol. The number of hydrogen-bond acceptors (Lipinski definition) is 3. The minimum Gasteiger partial charge on any atom is -0.384 e. The number of nitrogens with one attached hydrogen (secondary N) is 1. The van der Waals surface area contributed by atoms with Gasteiger partial charge >= 0.3 is 0 Å². The van der Waals surface area contributed by atoms with E-state index in [0.29, 0.717) is 18.4 Å². The molecule has 0 heterocycles. The molecule has 0 bridgehead atoms. The van der Waals surface area contributed by atoms with Crippen LogP contribution in [0, 0.1) is 0 Å². The number of rotatable bonds is 5. The van der Waals surface area contributed by atoms with Crippen LogP contribution in [0.4, 0.5) is 5.69 Å². The second-order valence-electron chi connectivity index (χ2n) is 5.08. The highest BCUT2D eigenvalue weighted by Gasteiger charge is 2.15. The number of hydrogen-bond donors (Lipinski definition) is 2. The summed E-state index contributed by atoms with van der Waals surface area (Å²) < 4.78 is 5.82. The SMILES string of the molecule is CC(O)C(=O)Nc1ccc(COC2CCCC2)cc1. The molecule has 1 unspecified atom stereocenters. The Morgan fingerprint density at radius 2 is 2.00 bits per heavy atom. The number of aliphatic hydroxyl groups is 1. The lowest BCUT2D eigenvalue weighted by Crippen LogP contribution is -2.24. The number of amides is 1. The maximum atomic E-state index is 11.3. The molecule has 19 heavy (non-hydrogen) atoms. The van der Waals surface area contributed by atoms with Crippen LogP contribution in [0.1, 0.15) is 38.2 Å². The van der Waals surface area contributed by atoms with Crippen molar-refractivity contribution in [2.24, 2.45) is 0 Å². The zero-order valence-electron chi connectivity index (χ0n) is 11.3. The highest BCUT2D eigenvalue weighted by atomic mass is 16.5. The van der Waals surface area contributed by atoms with Gasteiger partial charge in [0, 0.05) is 5.69 Å². The minimum absolute atomic E-state index is 0.394. The van der Waals surface area contributed by atoms with E-state index in [9.17, 15) is 4.79 Å². The van der Waals surface area contributed by atoms with Crippen LogP contribution in [-0.4, -0.2) is 23.2 Å². The Labute approximate surface area is 113 Å². The van der Waals surface area contributed by atoms with Crippen LogP contribution < -0.4 is 5.32 Å². The summed E-state index contributed by atoms with van der Waals surface area (Å²) in [4.78, 5) is 11.3. The molecule has 0 aromatic heterocycles. The van der Waals surface area contributed by atoms with E-state index in [1.54, 1.807) is 0 Å². The molecule has 4 heteroatoms. The van der Waals surface area contributed by atoms with Gasteiger partial charge in [0.25, 0.3) is 5.91 Å². The third-order valence-electron chi connectivity index (χ3n) is 3.39. The maximum Gasteiger partial charge on any atom is 0.252 e. The number of ether oxygens (including phenoxy) is 1. The molecule has 1 fully saturated rings. The first-order chi connectivity index (χ1) is 9.15. The molecule has 104 valence electrons. The van der Waals surface area contributed by atoms with Crippen LogP contribution in [-0.2, 0) is 16.1 Å². The van der Waals surface area contributed by atoms with Crippen molar-refractivity contribution in [2.75, 3.05) is 5.32 Å². The molecule has 0 radical (unpaired) electrons. The quantitative estimate of drug-likeness (QED) is 0.858. The summed E-state index contributed by atoms with van der Waals surface area (Å²) in [6, 6.07) is 7.53. The summed E-state index contributed by atoms with van der Waals surface area (Å²) >= 11 is 0. The van der Waals surface area contributed by atoms with E-state index in [0.717, 1.165) is 5.56 Å². The summed E-state index contributed by atoms with van der Waals surface area (Å²) in [6.45, 7) is 2.06. The Hall–Kier alpha value is -1.39. The smallest absolute Gasteiger partial charge is 0.252 e. The molecule has 4 nitrogen and oxygen atoms in total. The first-order valence-electron chi connectivity index (χ1n) is 6.84. The van der Waals surface area contributed by atoms with Gasteiger partial charge < -0.3 is 15.2 Å². The number of aliphatic hydroxyl groups excluding tert-OH is 1. The molecule has 2 rings (SSSR count). The normalized spacial score (nSPS) is 17.4. The average Bonchev–Trinajstić information content (AvgIpc) is 2.91. The van der Waals surface area contributed by atoms with Gasteiger partial charge in [-0.1, -0.05) is 25.0 Å². The van der Waals surface area contributed by atoms with Crippen LogP contribution in [0.2, 0.25) is 0 Å². The summed E-state index contributed by atoms with van der Waals surface area (Å²) in [5.41, 5.74) is 1.79. The third kappa shape index (κ3) is 4.33. The molecular formula is C15H21NO3. The molecule has 1 aliphatic carbocycles. The Kier molecular flexibility index (Phi) is 4.93. The lowest BCUT2D eigenvalue weighted by molar-refractivity contribution is -0.123. The molecule has 1 aromatic rings. The van der Waals surface area contributed by atoms with Gasteiger partial charge in [-0.15, -0.1) is 0 Å². The van der Waals surface area contributed by atoms with Crippen molar-refractivity contribution < 1.29 is 14.6 Å². The van der Waals surface area contributed by atoms with E-state index in [4.69, 9.17) is 9.84 Å². The van der Waals surface area contributed by atoms with Crippen molar-refractivity contribution in [3.8, 4) is 0 Å². The van der Waals surface area contributed by atoms with Crippen LogP contribution >= 0.6 is 0 Å². The van der Waals surface area contributed by atoms with Gasteiger partial charge in [-0.3, -0.25) is 4.79 Å². The number of anilines is 1. The van der Waals surface area contributed by atoms with Crippen molar-refractivity contribution in [1.29, 1.82) is 0 Å². The van der Waals surface area contributed by atoms with Gasteiger partial charge in [0.15, 0.2) is 0 Å². The van der Waals surface area contributed by atoms with E-state index in [2.05, 4.69) is 5.32 Å². The molecule has 0 aliphatic heterocycles. The number of carbonyl (C=O) groups is 1. The van der Waals surface area contributed by atoms with Crippen molar-refractivity contribution in [3.63, 3.8) is 0 Å². The fourth-order valence-electron chi connectivity index (χ4n) is 2.20. The Balaban J connectivity index is 1.82. The molecule has 2 N–H and O–H groups in total. The minimum atomic E-state index is -0.995. The number of carbonyl (C=O) groups excluding carboxylic acids is 1. The van der Waals surface area contributed by atoms with Gasteiger partial charge in [0.1, 0.15) is 6.10 Å². The van der Waals surface area contributed by atoms with Gasteiger partial charge in [-0.2, -0.15) is 0 Å². The summed E-state index contributed by atoms with van der Waals surface area (Å²) in [5.74, 6) is -0.394. The molecule has 1 amide bonds.